The van der Waals surface area contributed by atoms with Gasteiger partial charge in [0, 0.05) is 11.1 Å². The molecule has 0 N–H and O–H groups in total. The third-order valence-corrected chi connectivity index (χ3v) is 3.15. The highest BCUT2D eigenvalue weighted by atomic mass is 16.8. The molecule has 0 fully saturated rings. The zero-order valence-corrected chi connectivity index (χ0v) is 12.8. The molecule has 0 amide bonds. The Hall–Kier alpha value is -3.07. The molecular formula is C17H15NO5. The number of benzene rings is 1. The summed E-state index contributed by atoms with van der Waals surface area (Å²) in [6.07, 6.45) is 0. The van der Waals surface area contributed by atoms with Crippen molar-refractivity contribution in [3.63, 3.8) is 0 Å². The van der Waals surface area contributed by atoms with Gasteiger partial charge >= 0.3 is 17.7 Å². The minimum absolute atomic E-state index is 0.139. The minimum atomic E-state index is -1.77. The number of carbonyl (C=O) groups is 2. The zero-order chi connectivity index (χ0) is 17.2. The van der Waals surface area contributed by atoms with E-state index in [1.807, 2.05) is 6.07 Å². The first-order valence-electron chi connectivity index (χ1n) is 6.74. The lowest BCUT2D eigenvalue weighted by Crippen LogP contribution is -2.39. The van der Waals surface area contributed by atoms with Gasteiger partial charge in [0.1, 0.15) is 5.75 Å². The molecule has 0 saturated carbocycles. The quantitative estimate of drug-likeness (QED) is 0.482. The van der Waals surface area contributed by atoms with Gasteiger partial charge < -0.3 is 14.2 Å². The second-order valence-electron chi connectivity index (χ2n) is 5.20. The molecule has 0 radical (unpaired) electrons. The van der Waals surface area contributed by atoms with Gasteiger partial charge in [-0.05, 0) is 32.0 Å². The average Bonchev–Trinajstić information content (AvgIpc) is 2.85. The second-order valence-corrected chi connectivity index (χ2v) is 5.20. The van der Waals surface area contributed by atoms with E-state index in [-0.39, 0.29) is 17.8 Å². The largest absolute Gasteiger partial charge is 0.484 e. The highest BCUT2D eigenvalue weighted by Gasteiger charge is 2.49. The van der Waals surface area contributed by atoms with E-state index >= 15 is 0 Å². The lowest BCUT2D eigenvalue weighted by atomic mass is 10.0. The number of fused-ring (bicyclic) bond motifs is 1. The number of rotatable bonds is 4. The molecule has 0 aliphatic carbocycles. The summed E-state index contributed by atoms with van der Waals surface area (Å²) in [6, 6.07) is 6.54. The molecule has 1 aliphatic heterocycles. The summed E-state index contributed by atoms with van der Waals surface area (Å²) in [5.74, 6) is -2.88. The van der Waals surface area contributed by atoms with Crippen LogP contribution in [0.5, 0.6) is 5.75 Å². The van der Waals surface area contributed by atoms with Crippen molar-refractivity contribution in [3.05, 3.63) is 53.6 Å². The summed E-state index contributed by atoms with van der Waals surface area (Å²) < 4.78 is 16.2. The lowest BCUT2D eigenvalue weighted by molar-refractivity contribution is -0.231. The van der Waals surface area contributed by atoms with Gasteiger partial charge in [0.15, 0.2) is 6.61 Å². The molecule has 6 heteroatoms. The number of esters is 2. The predicted molar refractivity (Wildman–Crippen MR) is 80.1 cm³/mol. The van der Waals surface area contributed by atoms with Crippen LogP contribution >= 0.6 is 0 Å². The van der Waals surface area contributed by atoms with Crippen LogP contribution in [0, 0.1) is 11.3 Å². The number of hydrogen-bond acceptors (Lipinski definition) is 6. The fourth-order valence-electron chi connectivity index (χ4n) is 1.94. The Bertz CT molecular complexity index is 729. The van der Waals surface area contributed by atoms with Crippen LogP contribution in [0.3, 0.4) is 0 Å². The first-order valence-corrected chi connectivity index (χ1v) is 6.74. The Balaban J connectivity index is 2.51. The summed E-state index contributed by atoms with van der Waals surface area (Å²) >= 11 is 0. The molecule has 6 nitrogen and oxygen atoms in total. The van der Waals surface area contributed by atoms with E-state index in [4.69, 9.17) is 19.5 Å². The van der Waals surface area contributed by atoms with Gasteiger partial charge in [-0.3, -0.25) is 0 Å². The van der Waals surface area contributed by atoms with E-state index < -0.39 is 17.7 Å². The zero-order valence-electron chi connectivity index (χ0n) is 12.8. The third kappa shape index (κ3) is 3.09. The van der Waals surface area contributed by atoms with Gasteiger partial charge in [0.2, 0.25) is 0 Å². The van der Waals surface area contributed by atoms with Crippen LogP contribution in [0.4, 0.5) is 0 Å². The summed E-state index contributed by atoms with van der Waals surface area (Å²) in [7, 11) is 0. The van der Waals surface area contributed by atoms with Gasteiger partial charge in [-0.1, -0.05) is 13.2 Å². The molecule has 0 saturated heterocycles. The second kappa shape index (κ2) is 5.97. The number of ether oxygens (including phenoxy) is 3. The van der Waals surface area contributed by atoms with E-state index in [1.54, 1.807) is 12.1 Å². The van der Waals surface area contributed by atoms with Crippen molar-refractivity contribution in [2.45, 2.75) is 19.6 Å². The first-order chi connectivity index (χ1) is 10.8. The van der Waals surface area contributed by atoms with Crippen molar-refractivity contribution in [2.75, 3.05) is 6.61 Å². The molecule has 23 heavy (non-hydrogen) atoms. The highest BCUT2D eigenvalue weighted by molar-refractivity contribution is 5.89. The van der Waals surface area contributed by atoms with Crippen LogP contribution in [0.25, 0.3) is 0 Å². The Morgan fingerprint density at radius 1 is 1.22 bits per heavy atom. The van der Waals surface area contributed by atoms with Gasteiger partial charge in [0.05, 0.1) is 17.2 Å². The van der Waals surface area contributed by atoms with Gasteiger partial charge in [0.25, 0.3) is 0 Å². The Kier molecular flexibility index (Phi) is 4.23. The van der Waals surface area contributed by atoms with Crippen LogP contribution in [-0.4, -0.2) is 18.5 Å². The van der Waals surface area contributed by atoms with Crippen molar-refractivity contribution >= 4 is 11.9 Å². The fraction of sp³-hybridized carbons (Fsp3) is 0.235. The van der Waals surface area contributed by atoms with Crippen molar-refractivity contribution in [3.8, 4) is 11.8 Å². The Labute approximate surface area is 133 Å². The summed E-state index contributed by atoms with van der Waals surface area (Å²) in [4.78, 5) is 23.9. The number of nitriles is 1. The fourth-order valence-corrected chi connectivity index (χ4v) is 1.94. The molecule has 1 aromatic rings. The van der Waals surface area contributed by atoms with E-state index in [0.717, 1.165) is 0 Å². The minimum Gasteiger partial charge on any atom is -0.484 e. The molecule has 0 spiro atoms. The average molecular weight is 313 g/mol. The molecule has 0 atom stereocenters. The Morgan fingerprint density at radius 3 is 2.26 bits per heavy atom. The third-order valence-electron chi connectivity index (χ3n) is 3.15. The van der Waals surface area contributed by atoms with Crippen molar-refractivity contribution in [2.24, 2.45) is 0 Å². The monoisotopic (exact) mass is 313 g/mol. The predicted octanol–water partition coefficient (Wildman–Crippen LogP) is 2.34. The maximum Gasteiger partial charge on any atom is 0.336 e. The van der Waals surface area contributed by atoms with Gasteiger partial charge in [-0.15, -0.1) is 0 Å². The molecule has 1 heterocycles. The van der Waals surface area contributed by atoms with E-state index in [9.17, 15) is 9.59 Å². The lowest BCUT2D eigenvalue weighted by Gasteiger charge is -2.27. The van der Waals surface area contributed by atoms with Crippen LogP contribution in [0.15, 0.2) is 42.5 Å². The van der Waals surface area contributed by atoms with Crippen LogP contribution < -0.4 is 4.74 Å². The Morgan fingerprint density at radius 2 is 1.78 bits per heavy atom. The standard InChI is InChI=1S/C17H15NO5/c1-10(2)15(19)22-17(23-16(20)11(3)4)9-21-14-6-5-12(8-18)7-13(14)17/h5-7H,1,3,9H2,2,4H3. The topological polar surface area (TPSA) is 85.6 Å². The maximum atomic E-state index is 12.0. The normalized spacial score (nSPS) is 14.0. The summed E-state index contributed by atoms with van der Waals surface area (Å²) in [5.41, 5.74) is 0.887. The van der Waals surface area contributed by atoms with E-state index in [2.05, 4.69) is 13.2 Å². The van der Waals surface area contributed by atoms with Gasteiger partial charge in [-0.2, -0.15) is 5.26 Å². The summed E-state index contributed by atoms with van der Waals surface area (Å²) in [5, 5.41) is 9.04. The molecular weight excluding hydrogens is 298 g/mol. The van der Waals surface area contributed by atoms with Gasteiger partial charge in [-0.25, -0.2) is 9.59 Å². The number of hydrogen-bond donors (Lipinski definition) is 0. The number of carbonyl (C=O) groups excluding carboxylic acids is 2. The molecule has 1 aliphatic rings. The smallest absolute Gasteiger partial charge is 0.336 e. The molecule has 118 valence electrons. The van der Waals surface area contributed by atoms with Crippen molar-refractivity contribution in [1.82, 2.24) is 0 Å². The van der Waals surface area contributed by atoms with Crippen LogP contribution in [0.1, 0.15) is 25.0 Å². The highest BCUT2D eigenvalue weighted by Crippen LogP contribution is 2.42. The first kappa shape index (κ1) is 16.3. The summed E-state index contributed by atoms with van der Waals surface area (Å²) in [6.45, 7) is 9.74. The maximum absolute atomic E-state index is 12.0. The van der Waals surface area contributed by atoms with Crippen molar-refractivity contribution < 1.29 is 23.8 Å². The molecule has 1 aromatic carbocycles. The van der Waals surface area contributed by atoms with Crippen molar-refractivity contribution in [1.29, 1.82) is 5.26 Å². The molecule has 0 aromatic heterocycles. The van der Waals surface area contributed by atoms with Crippen LogP contribution in [-0.2, 0) is 24.8 Å². The van der Waals surface area contributed by atoms with E-state index in [1.165, 1.54) is 19.9 Å². The molecule has 0 unspecified atom stereocenters. The molecule has 2 rings (SSSR count). The van der Waals surface area contributed by atoms with E-state index in [0.29, 0.717) is 16.9 Å². The number of nitrogens with zero attached hydrogens (tertiary/aromatic N) is 1. The van der Waals surface area contributed by atoms with Crippen LogP contribution in [0.2, 0.25) is 0 Å². The SMILES string of the molecule is C=C(C)C(=O)OC1(OC(=O)C(=C)C)COc2ccc(C#N)cc21. The molecule has 0 bridgehead atoms.